The van der Waals surface area contributed by atoms with Crippen LogP contribution in [0.4, 0.5) is 5.82 Å². The van der Waals surface area contributed by atoms with Crippen LogP contribution in [0.3, 0.4) is 0 Å². The summed E-state index contributed by atoms with van der Waals surface area (Å²) < 4.78 is 0. The number of aliphatic hydroxyl groups is 1. The highest BCUT2D eigenvalue weighted by Gasteiger charge is 2.28. The molecular weight excluding hydrogens is 332 g/mol. The summed E-state index contributed by atoms with van der Waals surface area (Å²) in [6.45, 7) is 9.88. The molecule has 0 aliphatic carbocycles. The number of hydrogen-bond donors (Lipinski definition) is 4. The van der Waals surface area contributed by atoms with Crippen molar-refractivity contribution >= 4 is 17.6 Å². The van der Waals surface area contributed by atoms with Crippen molar-refractivity contribution in [2.24, 2.45) is 4.99 Å². The molecule has 0 radical (unpaired) electrons. The number of allylic oxidation sites excluding steroid dienone is 1. The van der Waals surface area contributed by atoms with E-state index in [9.17, 15) is 9.90 Å². The van der Waals surface area contributed by atoms with E-state index in [-0.39, 0.29) is 18.0 Å². The van der Waals surface area contributed by atoms with Gasteiger partial charge < -0.3 is 26.4 Å². The van der Waals surface area contributed by atoms with Crippen LogP contribution in [0.25, 0.3) is 0 Å². The van der Waals surface area contributed by atoms with E-state index in [1.165, 1.54) is 0 Å². The van der Waals surface area contributed by atoms with Gasteiger partial charge in [-0.05, 0) is 46.2 Å². The molecule has 8 nitrogen and oxygen atoms in total. The second-order valence-corrected chi connectivity index (χ2v) is 7.36. The number of nitrogens with two attached hydrogens (primary N) is 1. The molecule has 26 heavy (non-hydrogen) atoms. The van der Waals surface area contributed by atoms with Crippen LogP contribution in [-0.4, -0.2) is 45.0 Å². The molecule has 1 amide bonds. The Morgan fingerprint density at radius 2 is 2.12 bits per heavy atom. The van der Waals surface area contributed by atoms with Crippen molar-refractivity contribution in [3.05, 3.63) is 35.3 Å². The lowest BCUT2D eigenvalue weighted by atomic mass is 10.1. The summed E-state index contributed by atoms with van der Waals surface area (Å²) in [5, 5.41) is 16.4. The standard InChI is InChI=1S/C18H28N6O2/c1-11-8-21-16(23-18(3,4)5)17(26)24(11)10-15(25)20-9-13-6-7-14(19)22-12(13)2/h6-8,17,26H,9-10H2,1-5H3,(H2,19,22)(H,20,25)(H,21,23). The van der Waals surface area contributed by atoms with E-state index in [0.29, 0.717) is 18.2 Å². The topological polar surface area (TPSA) is 116 Å². The van der Waals surface area contributed by atoms with Crippen LogP contribution in [0, 0.1) is 6.92 Å². The second kappa shape index (κ2) is 7.74. The van der Waals surface area contributed by atoms with Crippen molar-refractivity contribution in [2.75, 3.05) is 12.3 Å². The van der Waals surface area contributed by atoms with Gasteiger partial charge in [0.05, 0.1) is 12.1 Å². The zero-order valence-corrected chi connectivity index (χ0v) is 16.0. The van der Waals surface area contributed by atoms with Gasteiger partial charge in [0.25, 0.3) is 0 Å². The Morgan fingerprint density at radius 1 is 1.42 bits per heavy atom. The molecule has 1 aliphatic heterocycles. The second-order valence-electron chi connectivity index (χ2n) is 7.36. The summed E-state index contributed by atoms with van der Waals surface area (Å²) in [5.74, 6) is 0.674. The first-order valence-electron chi connectivity index (χ1n) is 8.53. The highest BCUT2D eigenvalue weighted by atomic mass is 16.3. The number of hydrogen-bond acceptors (Lipinski definition) is 6. The Morgan fingerprint density at radius 3 is 2.73 bits per heavy atom. The number of nitrogens with one attached hydrogen (secondary N) is 2. The van der Waals surface area contributed by atoms with Crippen LogP contribution < -0.4 is 16.4 Å². The molecule has 0 fully saturated rings. The summed E-state index contributed by atoms with van der Waals surface area (Å²) in [6, 6.07) is 3.55. The number of carbonyl (C=O) groups excluding carboxylic acids is 1. The van der Waals surface area contributed by atoms with Crippen molar-refractivity contribution in [1.29, 1.82) is 0 Å². The highest BCUT2D eigenvalue weighted by Crippen LogP contribution is 2.15. The lowest BCUT2D eigenvalue weighted by molar-refractivity contribution is -0.123. The molecule has 1 unspecified atom stereocenters. The minimum atomic E-state index is -0.995. The quantitative estimate of drug-likeness (QED) is 0.633. The molecule has 0 saturated heterocycles. The zero-order chi connectivity index (χ0) is 19.5. The molecule has 0 saturated carbocycles. The summed E-state index contributed by atoms with van der Waals surface area (Å²) >= 11 is 0. The number of nitrogen functional groups attached to an aromatic ring is 1. The van der Waals surface area contributed by atoms with Crippen LogP contribution in [0.15, 0.2) is 29.0 Å². The summed E-state index contributed by atoms with van der Waals surface area (Å²) in [7, 11) is 0. The molecule has 0 bridgehead atoms. The van der Waals surface area contributed by atoms with Gasteiger partial charge in [0.1, 0.15) is 5.82 Å². The molecule has 0 aromatic carbocycles. The predicted molar refractivity (Wildman–Crippen MR) is 102 cm³/mol. The van der Waals surface area contributed by atoms with E-state index in [0.717, 1.165) is 17.0 Å². The number of carbonyl (C=O) groups is 1. The zero-order valence-electron chi connectivity index (χ0n) is 16.0. The minimum absolute atomic E-state index is 0.0236. The van der Waals surface area contributed by atoms with Crippen molar-refractivity contribution in [2.45, 2.75) is 52.9 Å². The van der Waals surface area contributed by atoms with Gasteiger partial charge in [0.2, 0.25) is 5.91 Å². The number of amides is 1. The average Bonchev–Trinajstić information content (AvgIpc) is 2.52. The van der Waals surface area contributed by atoms with Gasteiger partial charge in [0, 0.05) is 24.1 Å². The molecule has 2 rings (SSSR count). The third kappa shape index (κ3) is 5.19. The molecule has 142 valence electrons. The molecule has 0 spiro atoms. The number of nitrogens with zero attached hydrogens (tertiary/aromatic N) is 3. The van der Waals surface area contributed by atoms with Gasteiger partial charge >= 0.3 is 0 Å². The van der Waals surface area contributed by atoms with Crippen LogP contribution in [0.1, 0.15) is 39.0 Å². The Balaban J connectivity index is 2.01. The molecule has 5 N–H and O–H groups in total. The lowest BCUT2D eigenvalue weighted by Gasteiger charge is -2.35. The summed E-state index contributed by atoms with van der Waals surface area (Å²) in [4.78, 5) is 22.6. The van der Waals surface area contributed by atoms with Crippen molar-refractivity contribution in [3.8, 4) is 0 Å². The molecule has 1 aromatic rings. The minimum Gasteiger partial charge on any atom is -0.384 e. The number of amidine groups is 1. The van der Waals surface area contributed by atoms with Crippen LogP contribution in [0.2, 0.25) is 0 Å². The van der Waals surface area contributed by atoms with Crippen molar-refractivity contribution in [3.63, 3.8) is 0 Å². The third-order valence-electron chi connectivity index (χ3n) is 3.88. The Hall–Kier alpha value is -2.61. The molecule has 1 aromatic heterocycles. The first-order valence-corrected chi connectivity index (χ1v) is 8.53. The van der Waals surface area contributed by atoms with E-state index in [2.05, 4.69) is 20.6 Å². The Kier molecular flexibility index (Phi) is 5.86. The Labute approximate surface area is 154 Å². The van der Waals surface area contributed by atoms with Gasteiger partial charge in [-0.15, -0.1) is 0 Å². The summed E-state index contributed by atoms with van der Waals surface area (Å²) in [5.41, 5.74) is 7.74. The monoisotopic (exact) mass is 360 g/mol. The van der Waals surface area contributed by atoms with Gasteiger partial charge in [0.15, 0.2) is 12.1 Å². The molecule has 2 heterocycles. The van der Waals surface area contributed by atoms with Crippen molar-refractivity contribution < 1.29 is 9.90 Å². The van der Waals surface area contributed by atoms with E-state index in [1.54, 1.807) is 17.2 Å². The maximum Gasteiger partial charge on any atom is 0.239 e. The number of aryl methyl sites for hydroxylation is 1. The third-order valence-corrected chi connectivity index (χ3v) is 3.88. The first-order chi connectivity index (χ1) is 12.1. The fourth-order valence-corrected chi connectivity index (χ4v) is 2.54. The molecular formula is C18H28N6O2. The van der Waals surface area contributed by atoms with Gasteiger partial charge in [-0.3, -0.25) is 9.79 Å². The maximum atomic E-state index is 12.3. The molecule has 8 heteroatoms. The largest absolute Gasteiger partial charge is 0.384 e. The number of aliphatic hydroxyl groups excluding tert-OH is 1. The van der Waals surface area contributed by atoms with Crippen LogP contribution >= 0.6 is 0 Å². The number of aliphatic imine (C=N–C) groups is 1. The number of anilines is 1. The summed E-state index contributed by atoms with van der Waals surface area (Å²) in [6.07, 6.45) is 0.739. The van der Waals surface area contributed by atoms with E-state index in [4.69, 9.17) is 5.73 Å². The lowest BCUT2D eigenvalue weighted by Crippen LogP contribution is -2.52. The molecule has 1 atom stereocenters. The van der Waals surface area contributed by atoms with Gasteiger partial charge in [-0.2, -0.15) is 0 Å². The number of pyridine rings is 1. The van der Waals surface area contributed by atoms with Gasteiger partial charge in [-0.25, -0.2) is 4.98 Å². The maximum absolute atomic E-state index is 12.3. The van der Waals surface area contributed by atoms with E-state index < -0.39 is 6.23 Å². The number of rotatable bonds is 4. The fraction of sp³-hybridized carbons (Fsp3) is 0.500. The molecule has 1 aliphatic rings. The first kappa shape index (κ1) is 19.7. The smallest absolute Gasteiger partial charge is 0.239 e. The normalized spacial score (nSPS) is 19.2. The number of aromatic nitrogens is 1. The highest BCUT2D eigenvalue weighted by molar-refractivity contribution is 5.89. The predicted octanol–water partition coefficient (Wildman–Crippen LogP) is 0.870. The fourth-order valence-electron chi connectivity index (χ4n) is 2.54. The SMILES string of the molecule is CC1=CNC(=NC(C)(C)C)C(O)N1CC(=O)NCc1ccc(N)nc1C. The van der Waals surface area contributed by atoms with Crippen LogP contribution in [0.5, 0.6) is 0 Å². The van der Waals surface area contributed by atoms with Gasteiger partial charge in [-0.1, -0.05) is 6.07 Å². The van der Waals surface area contributed by atoms with Crippen molar-refractivity contribution in [1.82, 2.24) is 20.5 Å². The van der Waals surface area contributed by atoms with Crippen LogP contribution in [-0.2, 0) is 11.3 Å². The van der Waals surface area contributed by atoms with E-state index in [1.807, 2.05) is 40.7 Å². The Bertz CT molecular complexity index is 736. The average molecular weight is 360 g/mol. The van der Waals surface area contributed by atoms with E-state index >= 15 is 0 Å².